The second-order valence-electron chi connectivity index (χ2n) is 2.46. The van der Waals surface area contributed by atoms with Crippen LogP contribution in [0.1, 0.15) is 13.8 Å². The van der Waals surface area contributed by atoms with Crippen molar-refractivity contribution in [1.82, 2.24) is 5.48 Å². The van der Waals surface area contributed by atoms with Gasteiger partial charge in [-0.15, -0.1) is 0 Å². The lowest BCUT2D eigenvalue weighted by molar-refractivity contribution is 0.0399. The Balaban J connectivity index is 3.21. The summed E-state index contributed by atoms with van der Waals surface area (Å²) in [6.45, 7) is 3.15. The summed E-state index contributed by atoms with van der Waals surface area (Å²) < 4.78 is 21.2. The molecule has 2 unspecified atom stereocenters. The van der Waals surface area contributed by atoms with Gasteiger partial charge in [-0.3, -0.25) is 4.84 Å². The van der Waals surface area contributed by atoms with E-state index in [-0.39, 0.29) is 4.86 Å². The van der Waals surface area contributed by atoms with Crippen LogP contribution in [0.5, 0.6) is 0 Å². The Bertz CT molecular complexity index is 287. The van der Waals surface area contributed by atoms with Crippen LogP contribution in [0.2, 0.25) is 0 Å². The third-order valence-corrected chi connectivity index (χ3v) is 2.93. The summed E-state index contributed by atoms with van der Waals surface area (Å²) in [6, 6.07) is 0. The smallest absolute Gasteiger partial charge is 0.219 e. The zero-order chi connectivity index (χ0) is 8.65. The van der Waals surface area contributed by atoms with Crippen molar-refractivity contribution in [1.29, 1.82) is 0 Å². The highest BCUT2D eigenvalue weighted by atomic mass is 35.5. The van der Waals surface area contributed by atoms with E-state index in [2.05, 4.69) is 5.48 Å². The molecule has 4 nitrogen and oxygen atoms in total. The molecule has 0 spiro atoms. The summed E-state index contributed by atoms with van der Waals surface area (Å²) in [5.74, 6) is 0. The minimum atomic E-state index is -2.29. The van der Waals surface area contributed by atoms with Crippen molar-refractivity contribution in [2.45, 2.75) is 24.9 Å². The number of nitrogens with one attached hydrogen (secondary N) is 1. The van der Waals surface area contributed by atoms with Crippen LogP contribution in [-0.4, -0.2) is 24.4 Å². The molecule has 1 heterocycles. The highest BCUT2D eigenvalue weighted by molar-refractivity contribution is 7.73. The number of hydrogen-bond acceptors (Lipinski definition) is 4. The first-order valence-corrected chi connectivity index (χ1v) is 4.49. The van der Waals surface area contributed by atoms with Gasteiger partial charge in [0, 0.05) is 0 Å². The summed E-state index contributed by atoms with van der Waals surface area (Å²) in [5.41, 5.74) is 2.41. The second kappa shape index (κ2) is 2.75. The Kier molecular flexibility index (Phi) is 2.24. The molecule has 1 aliphatic heterocycles. The molecule has 0 saturated carbocycles. The van der Waals surface area contributed by atoms with Gasteiger partial charge in [-0.25, -0.2) is 0 Å². The third-order valence-electron chi connectivity index (χ3n) is 1.44. The van der Waals surface area contributed by atoms with Crippen molar-refractivity contribution < 1.29 is 13.3 Å². The first-order chi connectivity index (χ1) is 4.95. The molecular weight excluding hydrogens is 190 g/mol. The summed E-state index contributed by atoms with van der Waals surface area (Å²) >= 11 is 5.76. The molecule has 6 heteroatoms. The quantitative estimate of drug-likeness (QED) is 0.335. The standard InChI is InChI=1S/C5H8ClNO3S/c1-3-4(11(8)9)5(2,6)7-10-3/h3,7H,1-2H3. The minimum Gasteiger partial charge on any atom is -0.291 e. The van der Waals surface area contributed by atoms with Gasteiger partial charge in [-0.05, 0) is 13.8 Å². The maximum Gasteiger partial charge on any atom is 0.219 e. The molecule has 0 aromatic rings. The SMILES string of the molecule is CC1ONC(C)(Cl)C1=S(=O)=O. The maximum absolute atomic E-state index is 10.6. The van der Waals surface area contributed by atoms with Crippen LogP contribution in [0.4, 0.5) is 0 Å². The van der Waals surface area contributed by atoms with Crippen LogP contribution in [-0.2, 0) is 15.1 Å². The normalized spacial score (nSPS) is 37.7. The first-order valence-electron chi connectivity index (χ1n) is 3.03. The van der Waals surface area contributed by atoms with Crippen molar-refractivity contribution in [2.24, 2.45) is 0 Å². The minimum absolute atomic E-state index is 0.138. The molecule has 2 atom stereocenters. The molecule has 1 fully saturated rings. The fraction of sp³-hybridized carbons (Fsp3) is 0.800. The molecule has 11 heavy (non-hydrogen) atoms. The van der Waals surface area contributed by atoms with Gasteiger partial charge < -0.3 is 0 Å². The molecule has 1 rings (SSSR count). The molecule has 1 aliphatic rings. The van der Waals surface area contributed by atoms with E-state index in [1.54, 1.807) is 6.92 Å². The van der Waals surface area contributed by atoms with Gasteiger partial charge in [0.25, 0.3) is 0 Å². The van der Waals surface area contributed by atoms with Crippen molar-refractivity contribution in [3.8, 4) is 0 Å². The van der Waals surface area contributed by atoms with Gasteiger partial charge >= 0.3 is 0 Å². The summed E-state index contributed by atoms with van der Waals surface area (Å²) in [7, 11) is -2.29. The Morgan fingerprint density at radius 1 is 1.73 bits per heavy atom. The molecule has 0 amide bonds. The molecular formula is C5H8ClNO3S. The summed E-state index contributed by atoms with van der Waals surface area (Å²) in [4.78, 5) is 3.88. The predicted octanol–water partition coefficient (Wildman–Crippen LogP) is -0.0838. The highest BCUT2D eigenvalue weighted by Gasteiger charge is 2.40. The van der Waals surface area contributed by atoms with Crippen molar-refractivity contribution in [2.75, 3.05) is 0 Å². The van der Waals surface area contributed by atoms with Crippen LogP contribution in [0.15, 0.2) is 0 Å². The zero-order valence-corrected chi connectivity index (χ0v) is 7.66. The molecule has 1 saturated heterocycles. The van der Waals surface area contributed by atoms with E-state index < -0.39 is 21.4 Å². The van der Waals surface area contributed by atoms with Crippen molar-refractivity contribution in [3.63, 3.8) is 0 Å². The number of hydroxylamine groups is 1. The fourth-order valence-corrected chi connectivity index (χ4v) is 2.04. The molecule has 0 aliphatic carbocycles. The van der Waals surface area contributed by atoms with Crippen molar-refractivity contribution >= 4 is 26.8 Å². The van der Waals surface area contributed by atoms with Crippen LogP contribution < -0.4 is 5.48 Å². The lowest BCUT2D eigenvalue weighted by atomic mass is 10.2. The van der Waals surface area contributed by atoms with Gasteiger partial charge in [0.05, 0.1) is 0 Å². The van der Waals surface area contributed by atoms with E-state index in [0.717, 1.165) is 0 Å². The van der Waals surface area contributed by atoms with E-state index in [9.17, 15) is 8.42 Å². The van der Waals surface area contributed by atoms with Crippen LogP contribution in [0.25, 0.3) is 0 Å². The zero-order valence-electron chi connectivity index (χ0n) is 6.09. The molecule has 0 bridgehead atoms. The van der Waals surface area contributed by atoms with Crippen LogP contribution >= 0.6 is 11.6 Å². The predicted molar refractivity (Wildman–Crippen MR) is 41.9 cm³/mol. The topological polar surface area (TPSA) is 55.4 Å². The average molecular weight is 198 g/mol. The van der Waals surface area contributed by atoms with E-state index in [0.29, 0.717) is 0 Å². The van der Waals surface area contributed by atoms with Crippen molar-refractivity contribution in [3.05, 3.63) is 0 Å². The lowest BCUT2D eigenvalue weighted by Gasteiger charge is -2.10. The Hall–Kier alpha value is -0.100. The Labute approximate surface area is 71.0 Å². The molecule has 0 radical (unpaired) electrons. The van der Waals surface area contributed by atoms with Crippen LogP contribution in [0.3, 0.4) is 0 Å². The number of hydrogen-bond donors (Lipinski definition) is 1. The van der Waals surface area contributed by atoms with E-state index in [1.807, 2.05) is 0 Å². The molecule has 1 N–H and O–H groups in total. The molecule has 64 valence electrons. The summed E-state index contributed by atoms with van der Waals surface area (Å²) in [5, 5.41) is 0. The molecule has 0 aromatic carbocycles. The molecule has 0 aromatic heterocycles. The summed E-state index contributed by atoms with van der Waals surface area (Å²) in [6.07, 6.45) is -0.490. The van der Waals surface area contributed by atoms with Gasteiger partial charge in [0.1, 0.15) is 11.0 Å². The average Bonchev–Trinajstić information content (AvgIpc) is 2.06. The number of rotatable bonds is 0. The monoisotopic (exact) mass is 197 g/mol. The van der Waals surface area contributed by atoms with Gasteiger partial charge in [0.2, 0.25) is 10.3 Å². The van der Waals surface area contributed by atoms with Gasteiger partial charge in [-0.1, -0.05) is 11.6 Å². The Morgan fingerprint density at radius 2 is 2.27 bits per heavy atom. The third kappa shape index (κ3) is 1.56. The van der Waals surface area contributed by atoms with Gasteiger partial charge in [0.15, 0.2) is 5.00 Å². The number of alkyl halides is 1. The number of halogens is 1. The van der Waals surface area contributed by atoms with Crippen LogP contribution in [0, 0.1) is 0 Å². The van der Waals surface area contributed by atoms with E-state index >= 15 is 0 Å². The fourth-order valence-electron chi connectivity index (χ4n) is 0.977. The first kappa shape index (κ1) is 8.99. The lowest BCUT2D eigenvalue weighted by Crippen LogP contribution is -2.36. The van der Waals surface area contributed by atoms with E-state index in [4.69, 9.17) is 16.4 Å². The second-order valence-corrected chi connectivity index (χ2v) is 4.13. The maximum atomic E-state index is 10.6. The largest absolute Gasteiger partial charge is 0.291 e. The highest BCUT2D eigenvalue weighted by Crippen LogP contribution is 2.21. The Morgan fingerprint density at radius 3 is 2.45 bits per heavy atom. The van der Waals surface area contributed by atoms with Gasteiger partial charge in [-0.2, -0.15) is 13.9 Å². The van der Waals surface area contributed by atoms with E-state index in [1.165, 1.54) is 6.92 Å².